The Balaban J connectivity index is 2.72. The molecule has 0 spiro atoms. The van der Waals surface area contributed by atoms with E-state index in [1.165, 1.54) is 0 Å². The number of hydrogen-bond acceptors (Lipinski definition) is 2. The van der Waals surface area contributed by atoms with Crippen LogP contribution in [-0.2, 0) is 0 Å². The van der Waals surface area contributed by atoms with Crippen LogP contribution in [0.5, 0.6) is 5.75 Å². The van der Waals surface area contributed by atoms with Crippen LogP contribution >= 0.6 is 0 Å². The number of halogens is 2. The van der Waals surface area contributed by atoms with Crippen molar-refractivity contribution >= 4 is 0 Å². The van der Waals surface area contributed by atoms with Crippen LogP contribution in [0.4, 0.5) is 8.78 Å². The number of rotatable bonds is 4. The Labute approximate surface area is 88.0 Å². The number of nitrogens with two attached hydrogens (primary N) is 1. The lowest BCUT2D eigenvalue weighted by Gasteiger charge is -2.13. The van der Waals surface area contributed by atoms with Crippen molar-refractivity contribution in [2.75, 3.05) is 0 Å². The molecule has 0 radical (unpaired) electrons. The average Bonchev–Trinajstić information content (AvgIpc) is 2.17. The van der Waals surface area contributed by atoms with E-state index in [-0.39, 0.29) is 6.10 Å². The smallest absolute Gasteiger partial charge is 0.257 e. The van der Waals surface area contributed by atoms with Gasteiger partial charge in [0.2, 0.25) is 0 Å². The van der Waals surface area contributed by atoms with Crippen LogP contribution in [-0.4, -0.2) is 12.5 Å². The summed E-state index contributed by atoms with van der Waals surface area (Å²) in [4.78, 5) is 0. The van der Waals surface area contributed by atoms with Crippen LogP contribution in [0, 0.1) is 0 Å². The molecular weight excluding hydrogens is 200 g/mol. The average molecular weight is 215 g/mol. The summed E-state index contributed by atoms with van der Waals surface area (Å²) in [6.45, 7) is 3.80. The zero-order chi connectivity index (χ0) is 11.4. The zero-order valence-corrected chi connectivity index (χ0v) is 8.78. The fourth-order valence-corrected chi connectivity index (χ4v) is 1.19. The second-order valence-corrected chi connectivity index (χ2v) is 3.60. The van der Waals surface area contributed by atoms with Gasteiger partial charge in [0.1, 0.15) is 5.75 Å². The van der Waals surface area contributed by atoms with Gasteiger partial charge in [0, 0.05) is 0 Å². The molecule has 0 aliphatic carbocycles. The predicted molar refractivity (Wildman–Crippen MR) is 55.1 cm³/mol. The zero-order valence-electron chi connectivity index (χ0n) is 8.78. The predicted octanol–water partition coefficient (Wildman–Crippen LogP) is 2.74. The second-order valence-electron chi connectivity index (χ2n) is 3.60. The molecule has 0 amide bonds. The maximum absolute atomic E-state index is 12.3. The van der Waals surface area contributed by atoms with Gasteiger partial charge in [-0.05, 0) is 31.5 Å². The Morgan fingerprint density at radius 2 is 1.67 bits per heavy atom. The number of hydrogen-bond donors (Lipinski definition) is 1. The van der Waals surface area contributed by atoms with Crippen LogP contribution in [0.15, 0.2) is 24.3 Å². The maximum atomic E-state index is 12.3. The molecule has 0 bridgehead atoms. The summed E-state index contributed by atoms with van der Waals surface area (Å²) in [5.41, 5.74) is 5.72. The van der Waals surface area contributed by atoms with Crippen LogP contribution in [0.25, 0.3) is 0 Å². The lowest BCUT2D eigenvalue weighted by atomic mass is 10.1. The van der Waals surface area contributed by atoms with Crippen molar-refractivity contribution in [3.05, 3.63) is 29.8 Å². The first kappa shape index (κ1) is 11.9. The normalized spacial score (nSPS) is 13.3. The van der Waals surface area contributed by atoms with Crippen LogP contribution in [0.1, 0.15) is 25.5 Å². The molecule has 1 atom stereocenters. The van der Waals surface area contributed by atoms with E-state index in [0.29, 0.717) is 11.3 Å². The standard InChI is InChI=1S/C11H15F2NO/c1-7(2)15-9-5-3-8(4-6-9)10(14)11(12)13/h3-7,10-11H,14H2,1-2H3. The fraction of sp³-hybridized carbons (Fsp3) is 0.455. The van der Waals surface area contributed by atoms with Crippen molar-refractivity contribution in [2.24, 2.45) is 5.73 Å². The summed E-state index contributed by atoms with van der Waals surface area (Å²) < 4.78 is 29.9. The van der Waals surface area contributed by atoms with Crippen LogP contribution in [0.3, 0.4) is 0 Å². The molecular formula is C11H15F2NO. The highest BCUT2D eigenvalue weighted by molar-refractivity contribution is 5.29. The Morgan fingerprint density at radius 3 is 2.07 bits per heavy atom. The van der Waals surface area contributed by atoms with E-state index >= 15 is 0 Å². The SMILES string of the molecule is CC(C)Oc1ccc(C(N)C(F)F)cc1. The summed E-state index contributed by atoms with van der Waals surface area (Å²) >= 11 is 0. The molecule has 0 saturated heterocycles. The third-order valence-electron chi connectivity index (χ3n) is 1.91. The molecule has 2 nitrogen and oxygen atoms in total. The minimum absolute atomic E-state index is 0.0691. The summed E-state index contributed by atoms with van der Waals surface area (Å²) in [5.74, 6) is 0.662. The molecule has 1 aromatic rings. The largest absolute Gasteiger partial charge is 0.491 e. The van der Waals surface area contributed by atoms with Gasteiger partial charge in [-0.1, -0.05) is 12.1 Å². The maximum Gasteiger partial charge on any atom is 0.257 e. The highest BCUT2D eigenvalue weighted by Gasteiger charge is 2.16. The molecule has 0 heterocycles. The first-order valence-electron chi connectivity index (χ1n) is 4.81. The van der Waals surface area contributed by atoms with Crippen molar-refractivity contribution in [3.63, 3.8) is 0 Å². The summed E-state index contributed by atoms with van der Waals surface area (Å²) in [6, 6.07) is 5.20. The monoisotopic (exact) mass is 215 g/mol. The Kier molecular flexibility index (Phi) is 4.03. The van der Waals surface area contributed by atoms with Gasteiger partial charge in [-0.15, -0.1) is 0 Å². The van der Waals surface area contributed by atoms with Crippen molar-refractivity contribution in [1.29, 1.82) is 0 Å². The topological polar surface area (TPSA) is 35.2 Å². The molecule has 4 heteroatoms. The Morgan fingerprint density at radius 1 is 1.13 bits per heavy atom. The van der Waals surface area contributed by atoms with E-state index < -0.39 is 12.5 Å². The molecule has 1 unspecified atom stereocenters. The van der Waals surface area contributed by atoms with E-state index in [2.05, 4.69) is 0 Å². The number of ether oxygens (including phenoxy) is 1. The second kappa shape index (κ2) is 5.07. The minimum atomic E-state index is -2.54. The van der Waals surface area contributed by atoms with E-state index in [4.69, 9.17) is 10.5 Å². The third-order valence-corrected chi connectivity index (χ3v) is 1.91. The molecule has 0 saturated carbocycles. The molecule has 0 aromatic heterocycles. The van der Waals surface area contributed by atoms with E-state index in [9.17, 15) is 8.78 Å². The lowest BCUT2D eigenvalue weighted by Crippen LogP contribution is -2.18. The molecule has 2 N–H and O–H groups in total. The fourth-order valence-electron chi connectivity index (χ4n) is 1.19. The van der Waals surface area contributed by atoms with Gasteiger partial charge in [-0.2, -0.15) is 0 Å². The summed E-state index contributed by atoms with van der Waals surface area (Å²) in [5, 5.41) is 0. The quantitative estimate of drug-likeness (QED) is 0.838. The lowest BCUT2D eigenvalue weighted by molar-refractivity contribution is 0.116. The Bertz CT molecular complexity index is 298. The van der Waals surface area contributed by atoms with Crippen LogP contribution in [0.2, 0.25) is 0 Å². The molecule has 1 rings (SSSR count). The first-order valence-corrected chi connectivity index (χ1v) is 4.81. The number of benzene rings is 1. The van der Waals surface area contributed by atoms with Gasteiger partial charge < -0.3 is 10.5 Å². The third kappa shape index (κ3) is 3.47. The van der Waals surface area contributed by atoms with Gasteiger partial charge in [-0.25, -0.2) is 8.78 Å². The van der Waals surface area contributed by atoms with E-state index in [1.54, 1.807) is 24.3 Å². The summed E-state index contributed by atoms with van der Waals surface area (Å²) in [7, 11) is 0. The van der Waals surface area contributed by atoms with Crippen molar-refractivity contribution in [3.8, 4) is 5.75 Å². The highest BCUT2D eigenvalue weighted by atomic mass is 19.3. The summed E-state index contributed by atoms with van der Waals surface area (Å²) in [6.07, 6.45) is -2.47. The highest BCUT2D eigenvalue weighted by Crippen LogP contribution is 2.21. The molecule has 0 aliphatic heterocycles. The number of alkyl halides is 2. The first-order chi connectivity index (χ1) is 7.00. The van der Waals surface area contributed by atoms with Gasteiger partial charge in [0.05, 0.1) is 12.1 Å². The molecule has 1 aromatic carbocycles. The Hall–Kier alpha value is -1.16. The molecule has 0 aliphatic rings. The van der Waals surface area contributed by atoms with Gasteiger partial charge >= 0.3 is 0 Å². The van der Waals surface area contributed by atoms with Crippen LogP contribution < -0.4 is 10.5 Å². The van der Waals surface area contributed by atoms with E-state index in [0.717, 1.165) is 0 Å². The molecule has 84 valence electrons. The molecule has 15 heavy (non-hydrogen) atoms. The van der Waals surface area contributed by atoms with Crippen molar-refractivity contribution in [1.82, 2.24) is 0 Å². The minimum Gasteiger partial charge on any atom is -0.491 e. The van der Waals surface area contributed by atoms with Gasteiger partial charge in [-0.3, -0.25) is 0 Å². The van der Waals surface area contributed by atoms with Crippen molar-refractivity contribution in [2.45, 2.75) is 32.4 Å². The van der Waals surface area contributed by atoms with Gasteiger partial charge in [0.25, 0.3) is 6.43 Å². The molecule has 0 fully saturated rings. The van der Waals surface area contributed by atoms with Gasteiger partial charge in [0.15, 0.2) is 0 Å². The van der Waals surface area contributed by atoms with Crippen molar-refractivity contribution < 1.29 is 13.5 Å². The van der Waals surface area contributed by atoms with E-state index in [1.807, 2.05) is 13.8 Å².